The number of hydrogen-bond donors (Lipinski definition) is 2. The number of carbonyl (C=O) groups is 1. The molecule has 0 saturated carbocycles. The third-order valence-electron chi connectivity index (χ3n) is 2.38. The van der Waals surface area contributed by atoms with E-state index in [4.69, 9.17) is 5.48 Å². The number of amides is 1. The van der Waals surface area contributed by atoms with Crippen molar-refractivity contribution in [3.63, 3.8) is 0 Å². The van der Waals surface area contributed by atoms with Gasteiger partial charge in [-0.2, -0.15) is 0 Å². The van der Waals surface area contributed by atoms with Crippen LogP contribution in [0.2, 0.25) is 0 Å². The van der Waals surface area contributed by atoms with Crippen LogP contribution in [-0.2, 0) is 14.8 Å². The third-order valence-corrected chi connectivity index (χ3v) is 3.57. The number of benzene rings is 1. The average Bonchev–Trinajstić information content (AvgIpc) is 2.47. The zero-order valence-electron chi connectivity index (χ0n) is 16.1. The van der Waals surface area contributed by atoms with Crippen LogP contribution in [0.3, 0.4) is 0 Å². The average molecular weight is 324 g/mol. The molecule has 0 aliphatic carbocycles. The molecular formula is C14H16N4O3S. The first-order valence-electron chi connectivity index (χ1n) is 8.17. The number of aromatic nitrogens is 2. The van der Waals surface area contributed by atoms with E-state index in [0.29, 0.717) is 11.4 Å². The maximum atomic E-state index is 12.6. The Kier molecular flexibility index (Phi) is 3.09. The van der Waals surface area contributed by atoms with E-state index in [1.165, 1.54) is 0 Å². The van der Waals surface area contributed by atoms with Gasteiger partial charge in [0.05, 0.1) is 10.4 Å². The van der Waals surface area contributed by atoms with Gasteiger partial charge in [-0.3, -0.25) is 4.79 Å². The molecule has 0 aliphatic heterocycles. The van der Waals surface area contributed by atoms with Crippen molar-refractivity contribution in [3.8, 4) is 0 Å². The SMILES string of the molecule is [2H]c1c([2H])c(S(=O)(=O)Nc2nc(C)cc(C)n2)c([2H])c([2H])c1NC(C)=O. The van der Waals surface area contributed by atoms with E-state index in [0.717, 1.165) is 6.92 Å². The summed E-state index contributed by atoms with van der Waals surface area (Å²) in [5, 5.41) is 2.17. The van der Waals surface area contributed by atoms with E-state index in [9.17, 15) is 13.2 Å². The lowest BCUT2D eigenvalue weighted by atomic mass is 10.3. The van der Waals surface area contributed by atoms with Crippen molar-refractivity contribution in [1.82, 2.24) is 9.97 Å². The summed E-state index contributed by atoms with van der Waals surface area (Å²) in [7, 11) is -4.50. The lowest BCUT2D eigenvalue weighted by Crippen LogP contribution is -2.16. The van der Waals surface area contributed by atoms with Gasteiger partial charge in [0.15, 0.2) is 0 Å². The number of anilines is 2. The molecule has 7 nitrogen and oxygen atoms in total. The van der Waals surface area contributed by atoms with Gasteiger partial charge in [-0.25, -0.2) is 23.1 Å². The zero-order chi connectivity index (χ0) is 19.8. The molecule has 0 aliphatic rings. The van der Waals surface area contributed by atoms with Crippen LogP contribution in [0, 0.1) is 13.8 Å². The molecule has 2 rings (SSSR count). The highest BCUT2D eigenvalue weighted by Crippen LogP contribution is 2.17. The fourth-order valence-corrected chi connectivity index (χ4v) is 2.42. The van der Waals surface area contributed by atoms with Gasteiger partial charge in [0, 0.05) is 24.0 Å². The van der Waals surface area contributed by atoms with Gasteiger partial charge in [0.2, 0.25) is 11.9 Å². The molecule has 116 valence electrons. The molecule has 1 amide bonds. The number of aryl methyl sites for hydroxylation is 2. The van der Waals surface area contributed by atoms with Gasteiger partial charge in [-0.15, -0.1) is 0 Å². The quantitative estimate of drug-likeness (QED) is 0.894. The Hall–Kier alpha value is -2.48. The molecule has 2 aromatic rings. The first kappa shape index (κ1) is 11.1. The van der Waals surface area contributed by atoms with Crippen molar-refractivity contribution in [2.24, 2.45) is 0 Å². The number of rotatable bonds is 4. The molecule has 2 N–H and O–H groups in total. The summed E-state index contributed by atoms with van der Waals surface area (Å²) < 4.78 is 58.9. The first-order valence-corrected chi connectivity index (χ1v) is 7.65. The molecule has 1 aromatic carbocycles. The molecule has 0 spiro atoms. The van der Waals surface area contributed by atoms with Crippen LogP contribution in [-0.4, -0.2) is 24.3 Å². The second kappa shape index (κ2) is 6.10. The maximum Gasteiger partial charge on any atom is 0.264 e. The second-order valence-corrected chi connectivity index (χ2v) is 6.08. The first-order chi connectivity index (χ1) is 11.9. The molecule has 0 bridgehead atoms. The van der Waals surface area contributed by atoms with Gasteiger partial charge in [-0.05, 0) is 44.1 Å². The van der Waals surface area contributed by atoms with Crippen molar-refractivity contribution in [3.05, 3.63) is 41.6 Å². The number of nitrogens with zero attached hydrogens (tertiary/aromatic N) is 2. The summed E-state index contributed by atoms with van der Waals surface area (Å²) in [5.74, 6) is -0.853. The number of hydrogen-bond acceptors (Lipinski definition) is 5. The topological polar surface area (TPSA) is 101 Å². The Morgan fingerprint density at radius 2 is 1.68 bits per heavy atom. The standard InChI is InChI=1S/C14H16N4O3S/c1-9-8-10(2)16-14(15-9)18-22(20,21)13-6-4-12(5-7-13)17-11(3)19/h4-8H,1-3H3,(H,17,19)(H,15,16,18)/i4D,5D,6D,7D. The molecule has 1 aromatic heterocycles. The van der Waals surface area contributed by atoms with Crippen LogP contribution >= 0.6 is 0 Å². The van der Waals surface area contributed by atoms with E-state index in [2.05, 4.69) is 20.0 Å². The van der Waals surface area contributed by atoms with Gasteiger partial charge in [0.25, 0.3) is 10.0 Å². The minimum Gasteiger partial charge on any atom is -0.326 e. The fraction of sp³-hybridized carbons (Fsp3) is 0.214. The van der Waals surface area contributed by atoms with Crippen LogP contribution in [0.25, 0.3) is 0 Å². The molecular weight excluding hydrogens is 304 g/mol. The van der Waals surface area contributed by atoms with Crippen LogP contribution in [0.5, 0.6) is 0 Å². The van der Waals surface area contributed by atoms with E-state index in [1.807, 2.05) is 0 Å². The van der Waals surface area contributed by atoms with E-state index in [1.54, 1.807) is 19.9 Å². The minimum atomic E-state index is -4.50. The van der Waals surface area contributed by atoms with E-state index < -0.39 is 50.7 Å². The molecule has 0 radical (unpaired) electrons. The minimum absolute atomic E-state index is 0.245. The molecule has 8 heteroatoms. The third kappa shape index (κ3) is 4.01. The predicted octanol–water partition coefficient (Wildman–Crippen LogP) is 1.85. The smallest absolute Gasteiger partial charge is 0.264 e. The lowest BCUT2D eigenvalue weighted by molar-refractivity contribution is -0.114. The Labute approximate surface area is 134 Å². The molecule has 0 atom stereocenters. The van der Waals surface area contributed by atoms with Crippen LogP contribution < -0.4 is 10.0 Å². The van der Waals surface area contributed by atoms with Crippen molar-refractivity contribution in [1.29, 1.82) is 0 Å². The van der Waals surface area contributed by atoms with Gasteiger partial charge in [-0.1, -0.05) is 0 Å². The molecule has 0 unspecified atom stereocenters. The molecule has 0 saturated heterocycles. The highest BCUT2D eigenvalue weighted by Gasteiger charge is 2.16. The van der Waals surface area contributed by atoms with Crippen LogP contribution in [0.15, 0.2) is 35.1 Å². The van der Waals surface area contributed by atoms with Crippen LogP contribution in [0.1, 0.15) is 23.8 Å². The lowest BCUT2D eigenvalue weighted by Gasteiger charge is -2.09. The molecule has 0 fully saturated rings. The summed E-state index contributed by atoms with van der Waals surface area (Å²) in [6, 6.07) is -1.35. The van der Waals surface area contributed by atoms with Crippen molar-refractivity contribution in [2.75, 3.05) is 10.0 Å². The highest BCUT2D eigenvalue weighted by molar-refractivity contribution is 7.92. The predicted molar refractivity (Wildman–Crippen MR) is 83.1 cm³/mol. The van der Waals surface area contributed by atoms with Gasteiger partial charge < -0.3 is 5.32 Å². The van der Waals surface area contributed by atoms with Gasteiger partial charge >= 0.3 is 0 Å². The number of sulfonamides is 1. The monoisotopic (exact) mass is 324 g/mol. The van der Waals surface area contributed by atoms with Crippen LogP contribution in [0.4, 0.5) is 11.6 Å². The Balaban J connectivity index is 2.61. The maximum absolute atomic E-state index is 12.6. The van der Waals surface area contributed by atoms with Crippen molar-refractivity contribution >= 4 is 27.6 Å². The fourth-order valence-electron chi connectivity index (χ4n) is 1.62. The van der Waals surface area contributed by atoms with Gasteiger partial charge in [0.1, 0.15) is 0 Å². The second-order valence-electron chi connectivity index (χ2n) is 4.47. The normalized spacial score (nSPS) is 13.6. The van der Waals surface area contributed by atoms with E-state index in [-0.39, 0.29) is 5.95 Å². The largest absolute Gasteiger partial charge is 0.326 e. The molecule has 1 heterocycles. The summed E-state index contributed by atoms with van der Waals surface area (Å²) in [4.78, 5) is 18.2. The van der Waals surface area contributed by atoms with Crippen molar-refractivity contribution in [2.45, 2.75) is 25.7 Å². The Morgan fingerprint density at radius 3 is 2.18 bits per heavy atom. The van der Waals surface area contributed by atoms with Crippen molar-refractivity contribution < 1.29 is 18.7 Å². The number of carbonyl (C=O) groups excluding carboxylic acids is 1. The zero-order valence-corrected chi connectivity index (χ0v) is 12.9. The summed E-state index contributed by atoms with van der Waals surface area (Å²) in [5.41, 5.74) is 0.626. The highest BCUT2D eigenvalue weighted by atomic mass is 32.2. The Bertz CT molecular complexity index is 962. The van der Waals surface area contributed by atoms with E-state index >= 15 is 0 Å². The summed E-state index contributed by atoms with van der Waals surface area (Å²) in [6.07, 6.45) is 0. The molecule has 22 heavy (non-hydrogen) atoms. The number of nitrogens with one attached hydrogen (secondary N) is 2. The Morgan fingerprint density at radius 1 is 1.14 bits per heavy atom. The summed E-state index contributed by atoms with van der Waals surface area (Å²) in [6.45, 7) is 4.42. The summed E-state index contributed by atoms with van der Waals surface area (Å²) >= 11 is 0.